The Morgan fingerprint density at radius 2 is 1.48 bits per heavy atom. The van der Waals surface area contributed by atoms with E-state index in [-0.39, 0.29) is 31.8 Å². The van der Waals surface area contributed by atoms with Crippen LogP contribution in [0.3, 0.4) is 0 Å². The standard InChI is InChI=1S/C23H37N11O5S/c1-40-6-4-15(24)19(35)33-17(7-13-9-27-11-30-13)21(37)32-16(3-2-5-29-23(25)26)20(36)34-18(22(38)39)8-14-10-28-12-31-14/h9-12,15-18H,2-8,24H2,1H3,(H,27,30)(H,28,31)(H,32,37)(H,33,35)(H,34,36)(H,38,39)(H4,25,26,29). The number of carbonyl (C=O) groups is 4. The van der Waals surface area contributed by atoms with E-state index in [4.69, 9.17) is 17.2 Å². The van der Waals surface area contributed by atoms with Crippen molar-refractivity contribution in [1.29, 1.82) is 0 Å². The first kappa shape index (κ1) is 32.1. The van der Waals surface area contributed by atoms with E-state index in [9.17, 15) is 24.3 Å². The minimum Gasteiger partial charge on any atom is -0.480 e. The number of nitrogens with two attached hydrogens (primary N) is 3. The number of aliphatic carboxylic acids is 1. The molecule has 16 nitrogen and oxygen atoms in total. The molecule has 0 aromatic carbocycles. The molecule has 17 heteroatoms. The zero-order valence-corrected chi connectivity index (χ0v) is 22.9. The van der Waals surface area contributed by atoms with Crippen LogP contribution in [0.4, 0.5) is 0 Å². The fraction of sp³-hybridized carbons (Fsp3) is 0.522. The molecule has 2 aromatic rings. The summed E-state index contributed by atoms with van der Waals surface area (Å²) in [7, 11) is 0. The Morgan fingerprint density at radius 1 is 0.925 bits per heavy atom. The van der Waals surface area contributed by atoms with Crippen molar-refractivity contribution < 1.29 is 24.3 Å². The van der Waals surface area contributed by atoms with Crippen LogP contribution >= 0.6 is 11.8 Å². The van der Waals surface area contributed by atoms with Crippen LogP contribution in [0.5, 0.6) is 0 Å². The van der Waals surface area contributed by atoms with Crippen molar-refractivity contribution in [3.8, 4) is 0 Å². The van der Waals surface area contributed by atoms with Gasteiger partial charge in [0, 0.05) is 43.2 Å². The van der Waals surface area contributed by atoms with E-state index >= 15 is 0 Å². The highest BCUT2D eigenvalue weighted by Gasteiger charge is 2.30. The van der Waals surface area contributed by atoms with Gasteiger partial charge >= 0.3 is 5.97 Å². The van der Waals surface area contributed by atoms with Crippen molar-refractivity contribution in [2.45, 2.75) is 56.3 Å². The molecule has 2 aromatic heterocycles. The lowest BCUT2D eigenvalue weighted by Gasteiger charge is -2.25. The highest BCUT2D eigenvalue weighted by Crippen LogP contribution is 2.07. The number of amides is 3. The molecule has 0 aliphatic rings. The van der Waals surface area contributed by atoms with Crippen LogP contribution in [0.1, 0.15) is 30.7 Å². The van der Waals surface area contributed by atoms with Gasteiger partial charge in [0.1, 0.15) is 18.1 Å². The molecule has 12 N–H and O–H groups in total. The van der Waals surface area contributed by atoms with Crippen LogP contribution in [-0.4, -0.2) is 97.4 Å². The maximum absolute atomic E-state index is 13.4. The first-order valence-corrected chi connectivity index (χ1v) is 13.9. The maximum Gasteiger partial charge on any atom is 0.326 e. The molecule has 2 rings (SSSR count). The fourth-order valence-corrected chi connectivity index (χ4v) is 4.10. The summed E-state index contributed by atoms with van der Waals surface area (Å²) in [6.07, 6.45) is 8.46. The molecule has 4 unspecified atom stereocenters. The minimum absolute atomic E-state index is 0.0483. The lowest BCUT2D eigenvalue weighted by atomic mass is 10.1. The number of carboxylic acid groups (broad SMARTS) is 1. The number of carbonyl (C=O) groups excluding carboxylic acids is 3. The third kappa shape index (κ3) is 11.3. The predicted octanol–water partition coefficient (Wildman–Crippen LogP) is -2.41. The second-order valence-corrected chi connectivity index (χ2v) is 9.91. The van der Waals surface area contributed by atoms with Crippen molar-refractivity contribution in [2.75, 3.05) is 18.6 Å². The summed E-state index contributed by atoms with van der Waals surface area (Å²) in [4.78, 5) is 68.5. The molecule has 0 saturated heterocycles. The summed E-state index contributed by atoms with van der Waals surface area (Å²) in [5.41, 5.74) is 17.8. The molecular formula is C23H37N11O5S. The molecule has 0 saturated carbocycles. The van der Waals surface area contributed by atoms with Crippen LogP contribution in [0.25, 0.3) is 0 Å². The van der Waals surface area contributed by atoms with Gasteiger partial charge in [-0.15, -0.1) is 0 Å². The monoisotopic (exact) mass is 579 g/mol. The summed E-state index contributed by atoms with van der Waals surface area (Å²) in [6.45, 7) is 0.178. The van der Waals surface area contributed by atoms with E-state index in [1.54, 1.807) is 0 Å². The third-order valence-corrected chi connectivity index (χ3v) is 6.40. The summed E-state index contributed by atoms with van der Waals surface area (Å²) in [5, 5.41) is 17.4. The third-order valence-electron chi connectivity index (χ3n) is 5.75. The van der Waals surface area contributed by atoms with Crippen molar-refractivity contribution >= 4 is 41.4 Å². The molecule has 0 bridgehead atoms. The molecule has 0 radical (unpaired) electrons. The van der Waals surface area contributed by atoms with Gasteiger partial charge in [0.25, 0.3) is 0 Å². The van der Waals surface area contributed by atoms with Gasteiger partial charge in [0.15, 0.2) is 5.96 Å². The van der Waals surface area contributed by atoms with Gasteiger partial charge in [-0.3, -0.25) is 19.4 Å². The van der Waals surface area contributed by atoms with Crippen molar-refractivity contribution in [2.24, 2.45) is 22.2 Å². The molecule has 0 spiro atoms. The van der Waals surface area contributed by atoms with Crippen molar-refractivity contribution in [1.82, 2.24) is 35.9 Å². The molecule has 2 heterocycles. The van der Waals surface area contributed by atoms with Crippen molar-refractivity contribution in [3.05, 3.63) is 36.4 Å². The van der Waals surface area contributed by atoms with Crippen LogP contribution < -0.4 is 33.2 Å². The Hall–Kier alpha value is -4.12. The van der Waals surface area contributed by atoms with Gasteiger partial charge in [-0.05, 0) is 31.3 Å². The number of imidazole rings is 2. The van der Waals surface area contributed by atoms with Crippen molar-refractivity contribution in [3.63, 3.8) is 0 Å². The van der Waals surface area contributed by atoms with E-state index < -0.39 is 47.9 Å². The highest BCUT2D eigenvalue weighted by molar-refractivity contribution is 7.98. The normalized spacial score (nSPS) is 13.8. The second kappa shape index (κ2) is 16.8. The molecular weight excluding hydrogens is 542 g/mol. The van der Waals surface area contributed by atoms with Crippen LogP contribution in [0, 0.1) is 0 Å². The van der Waals surface area contributed by atoms with E-state index in [1.165, 1.54) is 36.8 Å². The molecule has 0 aliphatic heterocycles. The Kier molecular flexibility index (Phi) is 13.4. The molecule has 4 atom stereocenters. The number of nitrogens with zero attached hydrogens (tertiary/aromatic N) is 3. The number of hydrogen-bond donors (Lipinski definition) is 9. The van der Waals surface area contributed by atoms with Gasteiger partial charge in [-0.2, -0.15) is 11.8 Å². The number of rotatable bonds is 18. The number of aliphatic imine (C=N–C) groups is 1. The Labute approximate surface area is 235 Å². The Bertz CT molecular complexity index is 1110. The molecule has 0 fully saturated rings. The smallest absolute Gasteiger partial charge is 0.326 e. The number of aromatic amines is 2. The molecule has 220 valence electrons. The summed E-state index contributed by atoms with van der Waals surface area (Å²) < 4.78 is 0. The zero-order valence-electron chi connectivity index (χ0n) is 22.1. The Balaban J connectivity index is 2.19. The number of nitrogens with one attached hydrogen (secondary N) is 5. The van der Waals surface area contributed by atoms with E-state index in [2.05, 4.69) is 40.9 Å². The minimum atomic E-state index is -1.29. The zero-order chi connectivity index (χ0) is 29.5. The second-order valence-electron chi connectivity index (χ2n) is 8.92. The number of carboxylic acids is 1. The van der Waals surface area contributed by atoms with Gasteiger partial charge in [0.2, 0.25) is 17.7 Å². The summed E-state index contributed by atoms with van der Waals surface area (Å²) in [6, 6.07) is -4.37. The van der Waals surface area contributed by atoms with Gasteiger partial charge < -0.3 is 48.2 Å². The number of H-pyrrole nitrogens is 2. The quantitative estimate of drug-likeness (QED) is 0.0509. The first-order valence-electron chi connectivity index (χ1n) is 12.5. The van der Waals surface area contributed by atoms with E-state index in [0.29, 0.717) is 30.0 Å². The number of thioether (sulfide) groups is 1. The molecule has 0 aliphatic carbocycles. The van der Waals surface area contributed by atoms with Gasteiger partial charge in [-0.25, -0.2) is 14.8 Å². The topological polar surface area (TPSA) is 272 Å². The lowest BCUT2D eigenvalue weighted by molar-refractivity contribution is -0.142. The highest BCUT2D eigenvalue weighted by atomic mass is 32.2. The van der Waals surface area contributed by atoms with E-state index in [1.807, 2.05) is 6.26 Å². The number of aromatic nitrogens is 4. The summed E-state index contributed by atoms with van der Waals surface area (Å²) in [5.74, 6) is -2.65. The SMILES string of the molecule is CSCCC(N)C(=O)NC(Cc1cnc[nH]1)C(=O)NC(CCCN=C(N)N)C(=O)NC(Cc1cnc[nH]1)C(=O)O. The Morgan fingerprint density at radius 3 is 2.00 bits per heavy atom. The number of hydrogen-bond acceptors (Lipinski definition) is 9. The molecule has 40 heavy (non-hydrogen) atoms. The average Bonchev–Trinajstić information content (AvgIpc) is 3.62. The van der Waals surface area contributed by atoms with Gasteiger partial charge in [-0.1, -0.05) is 0 Å². The average molecular weight is 580 g/mol. The predicted molar refractivity (Wildman–Crippen MR) is 149 cm³/mol. The fourth-order valence-electron chi connectivity index (χ4n) is 3.61. The molecule has 3 amide bonds. The largest absolute Gasteiger partial charge is 0.480 e. The van der Waals surface area contributed by atoms with Gasteiger partial charge in [0.05, 0.1) is 18.7 Å². The first-order chi connectivity index (χ1) is 19.1. The summed E-state index contributed by atoms with van der Waals surface area (Å²) >= 11 is 1.54. The maximum atomic E-state index is 13.4. The van der Waals surface area contributed by atoms with Crippen LogP contribution in [0.15, 0.2) is 30.0 Å². The lowest BCUT2D eigenvalue weighted by Crippen LogP contribution is -2.57. The van der Waals surface area contributed by atoms with Crippen LogP contribution in [0.2, 0.25) is 0 Å². The number of guanidine groups is 1. The van der Waals surface area contributed by atoms with Crippen LogP contribution in [-0.2, 0) is 32.0 Å². The van der Waals surface area contributed by atoms with E-state index in [0.717, 1.165) is 0 Å².